The highest BCUT2D eigenvalue weighted by molar-refractivity contribution is 7.91. The van der Waals surface area contributed by atoms with E-state index in [0.717, 1.165) is 19.3 Å². The number of hydrogen-bond donors (Lipinski definition) is 2. The minimum absolute atomic E-state index is 0.0269. The molecule has 0 bridgehead atoms. The lowest BCUT2D eigenvalue weighted by Crippen LogP contribution is -2.34. The molecule has 0 aromatic heterocycles. The van der Waals surface area contributed by atoms with Gasteiger partial charge in [-0.2, -0.15) is 0 Å². The highest BCUT2D eigenvalue weighted by Crippen LogP contribution is 2.25. The van der Waals surface area contributed by atoms with E-state index in [-0.39, 0.29) is 23.6 Å². The summed E-state index contributed by atoms with van der Waals surface area (Å²) in [6, 6.07) is 7.17. The number of benzene rings is 1. The quantitative estimate of drug-likeness (QED) is 0.872. The van der Waals surface area contributed by atoms with E-state index in [1.165, 1.54) is 0 Å². The zero-order valence-corrected chi connectivity index (χ0v) is 15.5. The van der Waals surface area contributed by atoms with Gasteiger partial charge in [0.1, 0.15) is 0 Å². The number of nitrogens with one attached hydrogen (secondary N) is 1. The molecule has 24 heavy (non-hydrogen) atoms. The first-order valence-corrected chi connectivity index (χ1v) is 10.1. The fourth-order valence-electron chi connectivity index (χ4n) is 2.88. The first-order valence-electron chi connectivity index (χ1n) is 8.46. The number of carbonyl (C=O) groups excluding carboxylic acids is 1. The Morgan fingerprint density at radius 3 is 2.62 bits per heavy atom. The number of nitrogens with two attached hydrogens (primary N) is 1. The Kier molecular flexibility index (Phi) is 5.71. The van der Waals surface area contributed by atoms with Crippen LogP contribution in [0.5, 0.6) is 0 Å². The van der Waals surface area contributed by atoms with Gasteiger partial charge in [-0.25, -0.2) is 8.42 Å². The van der Waals surface area contributed by atoms with Gasteiger partial charge in [0.2, 0.25) is 5.91 Å². The number of rotatable bonds is 4. The van der Waals surface area contributed by atoms with Gasteiger partial charge in [0.05, 0.1) is 10.5 Å². The van der Waals surface area contributed by atoms with Gasteiger partial charge in [-0.1, -0.05) is 18.6 Å². The molecule has 2 rings (SSSR count). The highest BCUT2D eigenvalue weighted by atomic mass is 32.2. The van der Waals surface area contributed by atoms with Crippen LogP contribution in [0.25, 0.3) is 0 Å². The van der Waals surface area contributed by atoms with Crippen LogP contribution in [-0.4, -0.2) is 25.1 Å². The van der Waals surface area contributed by atoms with Gasteiger partial charge in [0.25, 0.3) is 0 Å². The van der Waals surface area contributed by atoms with Gasteiger partial charge in [-0.3, -0.25) is 4.79 Å². The van der Waals surface area contributed by atoms with Gasteiger partial charge in [-0.15, -0.1) is 0 Å². The molecule has 1 saturated carbocycles. The van der Waals surface area contributed by atoms with Crippen molar-refractivity contribution in [3.63, 3.8) is 0 Å². The molecule has 1 fully saturated rings. The van der Waals surface area contributed by atoms with Crippen molar-refractivity contribution >= 4 is 21.4 Å². The van der Waals surface area contributed by atoms with Crippen LogP contribution < -0.4 is 11.1 Å². The first-order chi connectivity index (χ1) is 11.1. The Morgan fingerprint density at radius 1 is 1.29 bits per heavy atom. The van der Waals surface area contributed by atoms with Crippen LogP contribution in [0.15, 0.2) is 24.3 Å². The van der Waals surface area contributed by atoms with E-state index in [1.54, 1.807) is 45.0 Å². The van der Waals surface area contributed by atoms with Crippen LogP contribution in [0.3, 0.4) is 0 Å². The molecule has 0 spiro atoms. The number of carbonyl (C=O) groups is 1. The molecule has 1 amide bonds. The fourth-order valence-corrected chi connectivity index (χ4v) is 3.94. The maximum atomic E-state index is 12.4. The zero-order chi connectivity index (χ0) is 18.0. The van der Waals surface area contributed by atoms with Crippen molar-refractivity contribution in [2.45, 2.75) is 63.0 Å². The van der Waals surface area contributed by atoms with E-state index in [9.17, 15) is 13.2 Å². The standard InChI is InChI=1S/C18H28N2O3S/c1-18(2,3)24(22,23)12-13-6-4-9-16(10-13)20-17(21)14-7-5-8-15(19)11-14/h4,6,9-10,14-15H,5,7-8,11-12,19H2,1-3H3,(H,20,21). The molecule has 0 aliphatic heterocycles. The second-order valence-corrected chi connectivity index (χ2v) is 10.4. The predicted molar refractivity (Wildman–Crippen MR) is 97.4 cm³/mol. The summed E-state index contributed by atoms with van der Waals surface area (Å²) < 4.78 is 23.9. The van der Waals surface area contributed by atoms with Crippen molar-refractivity contribution in [3.8, 4) is 0 Å². The summed E-state index contributed by atoms with van der Waals surface area (Å²) in [5.41, 5.74) is 7.27. The number of hydrogen-bond acceptors (Lipinski definition) is 4. The Balaban J connectivity index is 2.06. The smallest absolute Gasteiger partial charge is 0.227 e. The summed E-state index contributed by atoms with van der Waals surface area (Å²) in [4.78, 5) is 12.4. The average Bonchev–Trinajstić information content (AvgIpc) is 2.46. The van der Waals surface area contributed by atoms with Crippen LogP contribution >= 0.6 is 0 Å². The van der Waals surface area contributed by atoms with Crippen LogP contribution in [0.1, 0.15) is 52.0 Å². The second-order valence-electron chi connectivity index (χ2n) is 7.68. The third-order valence-electron chi connectivity index (χ3n) is 4.57. The molecular weight excluding hydrogens is 324 g/mol. The van der Waals surface area contributed by atoms with Crippen molar-refractivity contribution in [1.82, 2.24) is 0 Å². The van der Waals surface area contributed by atoms with Crippen LogP contribution in [0.4, 0.5) is 5.69 Å². The van der Waals surface area contributed by atoms with E-state index in [1.807, 2.05) is 0 Å². The second kappa shape index (κ2) is 7.23. The predicted octanol–water partition coefficient (Wildman–Crippen LogP) is 2.86. The lowest BCUT2D eigenvalue weighted by atomic mass is 9.85. The third kappa shape index (κ3) is 4.80. The Morgan fingerprint density at radius 2 is 2.00 bits per heavy atom. The fraction of sp³-hybridized carbons (Fsp3) is 0.611. The zero-order valence-electron chi connectivity index (χ0n) is 14.7. The Labute approximate surface area is 144 Å². The van der Waals surface area contributed by atoms with E-state index in [4.69, 9.17) is 5.73 Å². The largest absolute Gasteiger partial charge is 0.328 e. The lowest BCUT2D eigenvalue weighted by Gasteiger charge is -2.25. The van der Waals surface area contributed by atoms with Crippen molar-refractivity contribution in [3.05, 3.63) is 29.8 Å². The molecule has 1 aliphatic rings. The molecule has 3 N–H and O–H groups in total. The maximum Gasteiger partial charge on any atom is 0.227 e. The lowest BCUT2D eigenvalue weighted by molar-refractivity contribution is -0.120. The topological polar surface area (TPSA) is 89.3 Å². The molecule has 5 nitrogen and oxygen atoms in total. The minimum Gasteiger partial charge on any atom is -0.328 e. The number of anilines is 1. The normalized spacial score (nSPS) is 22.2. The van der Waals surface area contributed by atoms with E-state index >= 15 is 0 Å². The molecule has 1 aromatic carbocycles. The van der Waals surface area contributed by atoms with Crippen molar-refractivity contribution in [2.75, 3.05) is 5.32 Å². The van der Waals surface area contributed by atoms with E-state index in [2.05, 4.69) is 5.32 Å². The third-order valence-corrected chi connectivity index (χ3v) is 7.15. The molecule has 2 unspecified atom stereocenters. The van der Waals surface area contributed by atoms with Gasteiger partial charge in [0, 0.05) is 17.6 Å². The van der Waals surface area contributed by atoms with Crippen LogP contribution in [-0.2, 0) is 20.4 Å². The molecule has 134 valence electrons. The molecule has 0 saturated heterocycles. The molecule has 0 heterocycles. The van der Waals surface area contributed by atoms with Gasteiger partial charge in [0.15, 0.2) is 9.84 Å². The van der Waals surface area contributed by atoms with E-state index in [0.29, 0.717) is 17.7 Å². The first kappa shape index (κ1) is 18.9. The van der Waals surface area contributed by atoms with Gasteiger partial charge in [-0.05, 0) is 57.7 Å². The summed E-state index contributed by atoms with van der Waals surface area (Å²) in [5, 5.41) is 2.91. The summed E-state index contributed by atoms with van der Waals surface area (Å²) in [6.07, 6.45) is 3.52. The molecule has 2 atom stereocenters. The van der Waals surface area contributed by atoms with Crippen molar-refractivity contribution in [2.24, 2.45) is 11.7 Å². The summed E-state index contributed by atoms with van der Waals surface area (Å²) in [7, 11) is -3.25. The van der Waals surface area contributed by atoms with Gasteiger partial charge >= 0.3 is 0 Å². The van der Waals surface area contributed by atoms with Crippen LogP contribution in [0, 0.1) is 5.92 Å². The van der Waals surface area contributed by atoms with Gasteiger partial charge < -0.3 is 11.1 Å². The summed E-state index contributed by atoms with van der Waals surface area (Å²) in [5.74, 6) is -0.120. The Bertz CT molecular complexity index is 692. The van der Waals surface area contributed by atoms with E-state index < -0.39 is 14.6 Å². The molecule has 6 heteroatoms. The Hall–Kier alpha value is -1.40. The maximum absolute atomic E-state index is 12.4. The van der Waals surface area contributed by atoms with Crippen molar-refractivity contribution < 1.29 is 13.2 Å². The number of sulfone groups is 1. The average molecular weight is 353 g/mol. The molecular formula is C18H28N2O3S. The van der Waals surface area contributed by atoms with Crippen LogP contribution in [0.2, 0.25) is 0 Å². The number of amides is 1. The molecule has 1 aromatic rings. The SMILES string of the molecule is CC(C)(C)S(=O)(=O)Cc1cccc(NC(=O)C2CCCC(N)C2)c1. The summed E-state index contributed by atoms with van der Waals surface area (Å²) >= 11 is 0. The van der Waals surface area contributed by atoms with Crippen molar-refractivity contribution in [1.29, 1.82) is 0 Å². The molecule has 0 radical (unpaired) electrons. The minimum atomic E-state index is -3.25. The monoisotopic (exact) mass is 352 g/mol. The highest BCUT2D eigenvalue weighted by Gasteiger charge is 2.29. The summed E-state index contributed by atoms with van der Waals surface area (Å²) in [6.45, 7) is 5.08. The molecule has 1 aliphatic carbocycles.